The van der Waals surface area contributed by atoms with Crippen molar-refractivity contribution in [1.29, 1.82) is 0 Å². The van der Waals surface area contributed by atoms with Gasteiger partial charge in [-0.15, -0.1) is 0 Å². The van der Waals surface area contributed by atoms with Crippen LogP contribution >= 0.6 is 11.6 Å². The molecular weight excluding hydrogens is 284 g/mol. The summed E-state index contributed by atoms with van der Waals surface area (Å²) in [6.07, 6.45) is 0. The number of nitrogens with one attached hydrogen (secondary N) is 2. The summed E-state index contributed by atoms with van der Waals surface area (Å²) in [6, 6.07) is 6.00. The summed E-state index contributed by atoms with van der Waals surface area (Å²) in [4.78, 5) is 23.3. The van der Waals surface area contributed by atoms with Crippen molar-refractivity contribution in [3.63, 3.8) is 0 Å². The average molecular weight is 295 g/mol. The van der Waals surface area contributed by atoms with Crippen LogP contribution in [0, 0.1) is 6.92 Å². The minimum absolute atomic E-state index is 0.165. The van der Waals surface area contributed by atoms with Gasteiger partial charge in [-0.25, -0.2) is 0 Å². The van der Waals surface area contributed by atoms with Crippen LogP contribution in [0.15, 0.2) is 28.8 Å². The van der Waals surface area contributed by atoms with Crippen molar-refractivity contribution in [2.24, 2.45) is 0 Å². The van der Waals surface area contributed by atoms with E-state index < -0.39 is 11.8 Å². The van der Waals surface area contributed by atoms with Gasteiger partial charge in [0.05, 0.1) is 10.7 Å². The number of anilines is 3. The lowest BCUT2D eigenvalue weighted by molar-refractivity contribution is -0.133. The minimum atomic E-state index is -0.869. The molecule has 1 aromatic carbocycles. The first kappa shape index (κ1) is 13.9. The summed E-state index contributed by atoms with van der Waals surface area (Å²) in [5, 5.41) is 8.52. The number of aryl methyl sites for hydroxylation is 1. The smallest absolute Gasteiger partial charge is 0.315 e. The molecule has 0 spiro atoms. The van der Waals surface area contributed by atoms with E-state index in [4.69, 9.17) is 21.9 Å². The monoisotopic (exact) mass is 294 g/mol. The Balaban J connectivity index is 2.00. The second-order valence-corrected chi connectivity index (χ2v) is 4.37. The van der Waals surface area contributed by atoms with Crippen molar-refractivity contribution in [3.05, 3.63) is 35.0 Å². The third-order valence-electron chi connectivity index (χ3n) is 2.33. The zero-order valence-electron chi connectivity index (χ0n) is 10.4. The van der Waals surface area contributed by atoms with Crippen molar-refractivity contribution in [2.75, 3.05) is 16.4 Å². The molecule has 0 bridgehead atoms. The van der Waals surface area contributed by atoms with Gasteiger partial charge in [-0.2, -0.15) is 0 Å². The number of nitrogen functional groups attached to an aromatic ring is 1. The highest BCUT2D eigenvalue weighted by molar-refractivity contribution is 6.43. The molecule has 0 atom stereocenters. The Hall–Kier alpha value is -2.54. The number of hydrogen-bond acceptors (Lipinski definition) is 5. The molecule has 2 amide bonds. The van der Waals surface area contributed by atoms with Crippen molar-refractivity contribution in [1.82, 2.24) is 5.16 Å². The fourth-order valence-electron chi connectivity index (χ4n) is 1.39. The number of carbonyl (C=O) groups is 2. The molecule has 0 saturated heterocycles. The van der Waals surface area contributed by atoms with Crippen LogP contribution in [0.1, 0.15) is 5.76 Å². The van der Waals surface area contributed by atoms with Crippen LogP contribution in [0.2, 0.25) is 5.02 Å². The van der Waals surface area contributed by atoms with Gasteiger partial charge in [0.25, 0.3) is 0 Å². The molecule has 1 aromatic heterocycles. The predicted octanol–water partition coefficient (Wildman–Crippen LogP) is 1.80. The van der Waals surface area contributed by atoms with Crippen LogP contribution in [0.3, 0.4) is 0 Å². The van der Waals surface area contributed by atoms with E-state index in [0.29, 0.717) is 17.1 Å². The fraction of sp³-hybridized carbons (Fsp3) is 0.0833. The summed E-state index contributed by atoms with van der Waals surface area (Å²) >= 11 is 5.81. The van der Waals surface area contributed by atoms with E-state index in [1.54, 1.807) is 6.92 Å². The highest BCUT2D eigenvalue weighted by Crippen LogP contribution is 2.22. The number of amides is 2. The third-order valence-corrected chi connectivity index (χ3v) is 2.66. The fourth-order valence-corrected chi connectivity index (χ4v) is 1.57. The third kappa shape index (κ3) is 3.27. The number of halogens is 1. The van der Waals surface area contributed by atoms with E-state index in [0.717, 1.165) is 0 Å². The summed E-state index contributed by atoms with van der Waals surface area (Å²) in [5.41, 5.74) is 6.28. The molecule has 1 heterocycles. The Kier molecular flexibility index (Phi) is 3.90. The van der Waals surface area contributed by atoms with Gasteiger partial charge in [-0.1, -0.05) is 16.8 Å². The van der Waals surface area contributed by atoms with Gasteiger partial charge in [0, 0.05) is 11.8 Å². The highest BCUT2D eigenvalue weighted by atomic mass is 35.5. The quantitative estimate of drug-likeness (QED) is 0.578. The molecule has 0 aliphatic rings. The highest BCUT2D eigenvalue weighted by Gasteiger charge is 2.16. The Bertz CT molecular complexity index is 668. The predicted molar refractivity (Wildman–Crippen MR) is 74.4 cm³/mol. The zero-order chi connectivity index (χ0) is 14.7. The Morgan fingerprint density at radius 2 is 1.95 bits per heavy atom. The van der Waals surface area contributed by atoms with Crippen LogP contribution in [-0.4, -0.2) is 17.0 Å². The average Bonchev–Trinajstić information content (AvgIpc) is 2.79. The molecule has 104 valence electrons. The number of nitrogens with zero attached hydrogens (tertiary/aromatic N) is 1. The van der Waals surface area contributed by atoms with E-state index in [9.17, 15) is 9.59 Å². The van der Waals surface area contributed by atoms with Gasteiger partial charge in [0.2, 0.25) is 0 Å². The molecule has 7 nitrogen and oxygen atoms in total. The molecule has 0 fully saturated rings. The lowest BCUT2D eigenvalue weighted by Gasteiger charge is -2.06. The number of rotatable bonds is 2. The SMILES string of the molecule is Cc1cc(NC(=O)C(=O)Nc2ccc(N)c(Cl)c2)no1. The molecule has 20 heavy (non-hydrogen) atoms. The van der Waals surface area contributed by atoms with Crippen LogP contribution in [0.4, 0.5) is 17.2 Å². The minimum Gasteiger partial charge on any atom is -0.398 e. The topological polar surface area (TPSA) is 110 Å². The normalized spacial score (nSPS) is 10.1. The summed E-state index contributed by atoms with van der Waals surface area (Å²) in [7, 11) is 0. The number of nitrogens with two attached hydrogens (primary N) is 1. The first-order valence-corrected chi connectivity index (χ1v) is 5.94. The lowest BCUT2D eigenvalue weighted by atomic mass is 10.3. The summed E-state index contributed by atoms with van der Waals surface area (Å²) in [5.74, 6) is -1.04. The largest absolute Gasteiger partial charge is 0.398 e. The molecule has 4 N–H and O–H groups in total. The van der Waals surface area contributed by atoms with E-state index in [2.05, 4.69) is 15.8 Å². The molecule has 0 saturated carbocycles. The summed E-state index contributed by atoms with van der Waals surface area (Å²) in [6.45, 7) is 1.67. The molecule has 2 rings (SSSR count). The molecular formula is C12H11ClN4O3. The lowest BCUT2D eigenvalue weighted by Crippen LogP contribution is -2.29. The van der Waals surface area contributed by atoms with E-state index in [1.165, 1.54) is 24.3 Å². The maximum Gasteiger partial charge on any atom is 0.315 e. The van der Waals surface area contributed by atoms with Gasteiger partial charge < -0.3 is 15.6 Å². The second-order valence-electron chi connectivity index (χ2n) is 3.97. The second kappa shape index (κ2) is 5.62. The van der Waals surface area contributed by atoms with Crippen molar-refractivity contribution < 1.29 is 14.1 Å². The van der Waals surface area contributed by atoms with Crippen molar-refractivity contribution in [2.45, 2.75) is 6.92 Å². The molecule has 8 heteroatoms. The van der Waals surface area contributed by atoms with Crippen LogP contribution in [0.5, 0.6) is 0 Å². The van der Waals surface area contributed by atoms with Gasteiger partial charge in [-0.05, 0) is 25.1 Å². The van der Waals surface area contributed by atoms with Crippen LogP contribution < -0.4 is 16.4 Å². The molecule has 0 aliphatic carbocycles. The molecule has 2 aromatic rings. The number of aromatic nitrogens is 1. The molecule has 0 aliphatic heterocycles. The Morgan fingerprint density at radius 1 is 1.25 bits per heavy atom. The van der Waals surface area contributed by atoms with Gasteiger partial charge in [0.15, 0.2) is 5.82 Å². The van der Waals surface area contributed by atoms with Crippen LogP contribution in [0.25, 0.3) is 0 Å². The van der Waals surface area contributed by atoms with Crippen molar-refractivity contribution in [3.8, 4) is 0 Å². The maximum atomic E-state index is 11.7. The molecule has 0 radical (unpaired) electrons. The Morgan fingerprint density at radius 3 is 2.55 bits per heavy atom. The number of benzene rings is 1. The van der Waals surface area contributed by atoms with E-state index >= 15 is 0 Å². The first-order valence-electron chi connectivity index (χ1n) is 5.56. The maximum absolute atomic E-state index is 11.7. The van der Waals surface area contributed by atoms with E-state index in [1.807, 2.05) is 0 Å². The van der Waals surface area contributed by atoms with Crippen LogP contribution in [-0.2, 0) is 9.59 Å². The van der Waals surface area contributed by atoms with Gasteiger partial charge >= 0.3 is 11.8 Å². The Labute approximate surface area is 119 Å². The van der Waals surface area contributed by atoms with E-state index in [-0.39, 0.29) is 10.8 Å². The molecule has 0 unspecified atom stereocenters. The van der Waals surface area contributed by atoms with Gasteiger partial charge in [0.1, 0.15) is 5.76 Å². The number of hydrogen-bond donors (Lipinski definition) is 3. The first-order chi connectivity index (χ1) is 9.45. The number of carbonyl (C=O) groups excluding carboxylic acids is 2. The van der Waals surface area contributed by atoms with Crippen molar-refractivity contribution >= 4 is 40.6 Å². The van der Waals surface area contributed by atoms with Gasteiger partial charge in [-0.3, -0.25) is 14.9 Å². The standard InChI is InChI=1S/C12H11ClN4O3/c1-6-4-10(17-20-6)16-12(19)11(18)15-7-2-3-9(14)8(13)5-7/h2-5H,14H2,1H3,(H,15,18)(H,16,17,19). The zero-order valence-corrected chi connectivity index (χ0v) is 11.2. The summed E-state index contributed by atoms with van der Waals surface area (Å²) < 4.78 is 4.76.